The molecule has 164 valence electrons. The number of methoxy groups -OCH3 is 1. The van der Waals surface area contributed by atoms with Crippen LogP contribution in [0.2, 0.25) is 0 Å². The Balaban J connectivity index is 1.96. The molecule has 0 aliphatic heterocycles. The summed E-state index contributed by atoms with van der Waals surface area (Å²) in [5.41, 5.74) is 4.56. The second kappa shape index (κ2) is 8.58. The Morgan fingerprint density at radius 1 is 0.875 bits per heavy atom. The molecule has 4 rings (SSSR count). The van der Waals surface area contributed by atoms with Gasteiger partial charge in [-0.2, -0.15) is 0 Å². The summed E-state index contributed by atoms with van der Waals surface area (Å²) in [5, 5.41) is 17.3. The number of anilines is 1. The fourth-order valence-corrected chi connectivity index (χ4v) is 4.23. The lowest BCUT2D eigenvalue weighted by atomic mass is 9.83. The highest BCUT2D eigenvalue weighted by Crippen LogP contribution is 2.46. The van der Waals surface area contributed by atoms with Gasteiger partial charge in [-0.1, -0.05) is 81.4 Å². The number of aromatic hydroxyl groups is 1. The number of nitrogens with one attached hydrogen (secondary N) is 1. The molecule has 3 heteroatoms. The van der Waals surface area contributed by atoms with Crippen LogP contribution in [0.4, 0.5) is 5.69 Å². The molecule has 0 aliphatic rings. The van der Waals surface area contributed by atoms with Crippen LogP contribution in [0.5, 0.6) is 11.5 Å². The predicted molar refractivity (Wildman–Crippen MR) is 135 cm³/mol. The van der Waals surface area contributed by atoms with Crippen LogP contribution in [0.15, 0.2) is 78.9 Å². The van der Waals surface area contributed by atoms with Gasteiger partial charge in [-0.25, -0.2) is 0 Å². The van der Waals surface area contributed by atoms with E-state index in [0.717, 1.165) is 38.9 Å². The summed E-state index contributed by atoms with van der Waals surface area (Å²) in [6, 6.07) is 26.9. The van der Waals surface area contributed by atoms with Gasteiger partial charge in [0, 0.05) is 28.4 Å². The molecule has 0 spiro atoms. The zero-order chi connectivity index (χ0) is 22.9. The molecule has 0 amide bonds. The lowest BCUT2D eigenvalue weighted by Crippen LogP contribution is -2.12. The van der Waals surface area contributed by atoms with Crippen molar-refractivity contribution in [1.29, 1.82) is 0 Å². The minimum Gasteiger partial charge on any atom is -0.507 e. The molecule has 0 heterocycles. The Kier molecular flexibility index (Phi) is 5.84. The molecular formula is C29H31NO2. The van der Waals surface area contributed by atoms with Crippen molar-refractivity contribution in [2.45, 2.75) is 39.2 Å². The number of phenols is 1. The van der Waals surface area contributed by atoms with E-state index in [1.165, 1.54) is 5.56 Å². The molecule has 4 aromatic rings. The van der Waals surface area contributed by atoms with Crippen molar-refractivity contribution in [3.63, 3.8) is 0 Å². The second-order valence-corrected chi connectivity index (χ2v) is 9.31. The number of phenolic OH excluding ortho intramolecular Hbond substituents is 1. The highest BCUT2D eigenvalue weighted by molar-refractivity contribution is 6.04. The van der Waals surface area contributed by atoms with Gasteiger partial charge in [0.1, 0.15) is 11.5 Å². The van der Waals surface area contributed by atoms with Crippen LogP contribution in [-0.2, 0) is 5.41 Å². The first kappa shape index (κ1) is 21.8. The molecule has 0 saturated carbocycles. The topological polar surface area (TPSA) is 41.5 Å². The number of hydrogen-bond acceptors (Lipinski definition) is 3. The van der Waals surface area contributed by atoms with E-state index in [1.807, 2.05) is 30.3 Å². The van der Waals surface area contributed by atoms with Gasteiger partial charge in [0.05, 0.1) is 7.11 Å². The molecule has 3 nitrogen and oxygen atoms in total. The lowest BCUT2D eigenvalue weighted by molar-refractivity contribution is 0.406. The Bertz CT molecular complexity index is 1240. The van der Waals surface area contributed by atoms with Gasteiger partial charge in [-0.3, -0.25) is 0 Å². The maximum Gasteiger partial charge on any atom is 0.127 e. The number of benzene rings is 4. The fourth-order valence-electron chi connectivity index (χ4n) is 4.23. The molecule has 0 bridgehead atoms. The molecule has 0 saturated heterocycles. The molecule has 0 aromatic heterocycles. The Morgan fingerprint density at radius 2 is 1.56 bits per heavy atom. The third-order valence-corrected chi connectivity index (χ3v) is 6.00. The van der Waals surface area contributed by atoms with E-state index in [-0.39, 0.29) is 11.5 Å². The molecule has 0 radical (unpaired) electrons. The smallest absolute Gasteiger partial charge is 0.127 e. The maximum atomic E-state index is 11.4. The van der Waals surface area contributed by atoms with E-state index in [9.17, 15) is 5.11 Å². The number of rotatable bonds is 5. The maximum absolute atomic E-state index is 11.4. The van der Waals surface area contributed by atoms with Crippen molar-refractivity contribution < 1.29 is 9.84 Å². The molecule has 0 unspecified atom stereocenters. The average Bonchev–Trinajstić information content (AvgIpc) is 2.79. The number of fused-ring (bicyclic) bond motifs is 1. The van der Waals surface area contributed by atoms with Crippen molar-refractivity contribution in [3.8, 4) is 22.6 Å². The quantitative estimate of drug-likeness (QED) is 0.344. The van der Waals surface area contributed by atoms with Crippen LogP contribution < -0.4 is 10.1 Å². The molecule has 32 heavy (non-hydrogen) atoms. The van der Waals surface area contributed by atoms with Gasteiger partial charge < -0.3 is 15.2 Å². The second-order valence-electron chi connectivity index (χ2n) is 9.31. The lowest BCUT2D eigenvalue weighted by Gasteiger charge is -2.25. The first-order valence-electron chi connectivity index (χ1n) is 11.0. The van der Waals surface area contributed by atoms with Gasteiger partial charge in [-0.05, 0) is 46.9 Å². The highest BCUT2D eigenvalue weighted by Gasteiger charge is 2.24. The molecule has 0 fully saturated rings. The monoisotopic (exact) mass is 425 g/mol. The Hall–Kier alpha value is -3.46. The Labute approximate surface area is 190 Å². The SMILES string of the molecule is COc1cc(-c2c(N[C@@H](C)c3ccccc3)ccc3ccccc23)c(O)c(C(C)(C)C)c1. The third kappa shape index (κ3) is 4.16. The summed E-state index contributed by atoms with van der Waals surface area (Å²) < 4.78 is 5.64. The average molecular weight is 426 g/mol. The fraction of sp³-hybridized carbons (Fsp3) is 0.241. The van der Waals surface area contributed by atoms with Crippen molar-refractivity contribution in [1.82, 2.24) is 0 Å². The van der Waals surface area contributed by atoms with Gasteiger partial charge >= 0.3 is 0 Å². The minimum absolute atomic E-state index is 0.103. The first-order chi connectivity index (χ1) is 15.3. The first-order valence-corrected chi connectivity index (χ1v) is 11.0. The normalized spacial score (nSPS) is 12.5. The van der Waals surface area contributed by atoms with Crippen molar-refractivity contribution in [2.75, 3.05) is 12.4 Å². The van der Waals surface area contributed by atoms with E-state index < -0.39 is 0 Å². The van der Waals surface area contributed by atoms with E-state index in [1.54, 1.807) is 7.11 Å². The zero-order valence-electron chi connectivity index (χ0n) is 19.4. The third-order valence-electron chi connectivity index (χ3n) is 6.00. The van der Waals surface area contributed by atoms with E-state index in [0.29, 0.717) is 5.75 Å². The van der Waals surface area contributed by atoms with Crippen molar-refractivity contribution in [2.24, 2.45) is 0 Å². The van der Waals surface area contributed by atoms with E-state index >= 15 is 0 Å². The van der Waals surface area contributed by atoms with Gasteiger partial charge in [0.15, 0.2) is 0 Å². The summed E-state index contributed by atoms with van der Waals surface area (Å²) in [4.78, 5) is 0. The van der Waals surface area contributed by atoms with Crippen LogP contribution in [-0.4, -0.2) is 12.2 Å². The zero-order valence-corrected chi connectivity index (χ0v) is 19.4. The number of hydrogen-bond donors (Lipinski definition) is 2. The number of ether oxygens (including phenoxy) is 1. The molecule has 1 atom stereocenters. The minimum atomic E-state index is -0.233. The largest absolute Gasteiger partial charge is 0.507 e. The molecular weight excluding hydrogens is 394 g/mol. The van der Waals surface area contributed by atoms with Crippen LogP contribution in [0, 0.1) is 0 Å². The predicted octanol–water partition coefficient (Wildman–Crippen LogP) is 7.69. The van der Waals surface area contributed by atoms with Crippen LogP contribution in [0.3, 0.4) is 0 Å². The molecule has 2 N–H and O–H groups in total. The van der Waals surface area contributed by atoms with Gasteiger partial charge in [-0.15, -0.1) is 0 Å². The Morgan fingerprint density at radius 3 is 2.25 bits per heavy atom. The summed E-state index contributed by atoms with van der Waals surface area (Å²) >= 11 is 0. The van der Waals surface area contributed by atoms with E-state index in [4.69, 9.17) is 4.74 Å². The van der Waals surface area contributed by atoms with Crippen molar-refractivity contribution >= 4 is 16.5 Å². The van der Waals surface area contributed by atoms with E-state index in [2.05, 4.69) is 81.5 Å². The van der Waals surface area contributed by atoms with Crippen LogP contribution in [0.1, 0.15) is 44.9 Å². The molecule has 0 aliphatic carbocycles. The summed E-state index contributed by atoms with van der Waals surface area (Å²) in [6.45, 7) is 8.46. The standard InChI is InChI=1S/C29H31NO2/c1-19(20-11-7-6-8-12-20)30-26-16-15-21-13-9-10-14-23(21)27(26)24-17-22(32-5)18-25(28(24)31)29(2,3)4/h6-19,30-31H,1-5H3/t19-/m0/s1. The van der Waals surface area contributed by atoms with Crippen LogP contribution >= 0.6 is 0 Å². The highest BCUT2D eigenvalue weighted by atomic mass is 16.5. The summed E-state index contributed by atoms with van der Waals surface area (Å²) in [6.07, 6.45) is 0. The summed E-state index contributed by atoms with van der Waals surface area (Å²) in [7, 11) is 1.67. The summed E-state index contributed by atoms with van der Waals surface area (Å²) in [5.74, 6) is 1.03. The van der Waals surface area contributed by atoms with Crippen molar-refractivity contribution in [3.05, 3.63) is 90.0 Å². The van der Waals surface area contributed by atoms with Gasteiger partial charge in [0.25, 0.3) is 0 Å². The van der Waals surface area contributed by atoms with Gasteiger partial charge in [0.2, 0.25) is 0 Å². The van der Waals surface area contributed by atoms with Crippen LogP contribution in [0.25, 0.3) is 21.9 Å². The molecule has 4 aromatic carbocycles.